The van der Waals surface area contributed by atoms with E-state index >= 15 is 0 Å². The highest BCUT2D eigenvalue weighted by atomic mass is 16.6. The van der Waals surface area contributed by atoms with Gasteiger partial charge in [0, 0.05) is 6.42 Å². The monoisotopic (exact) mass is 329 g/mol. The van der Waals surface area contributed by atoms with E-state index in [1.54, 1.807) is 11.1 Å². The van der Waals surface area contributed by atoms with Crippen LogP contribution in [0.5, 0.6) is 0 Å². The first-order chi connectivity index (χ1) is 11.3. The van der Waals surface area contributed by atoms with Crippen molar-refractivity contribution in [3.63, 3.8) is 0 Å². The van der Waals surface area contributed by atoms with Crippen LogP contribution in [0.3, 0.4) is 0 Å². The summed E-state index contributed by atoms with van der Waals surface area (Å²) < 4.78 is 5.45. The first-order valence-electron chi connectivity index (χ1n) is 8.11. The van der Waals surface area contributed by atoms with Crippen molar-refractivity contribution in [2.75, 3.05) is 6.54 Å². The van der Waals surface area contributed by atoms with E-state index in [4.69, 9.17) is 4.74 Å². The number of rotatable bonds is 2. The molecule has 0 aliphatic carbocycles. The van der Waals surface area contributed by atoms with E-state index in [-0.39, 0.29) is 12.6 Å². The molecule has 0 saturated carbocycles. The Bertz CT molecular complexity index is 706. The van der Waals surface area contributed by atoms with Gasteiger partial charge in [-0.3, -0.25) is 4.90 Å². The third-order valence-electron chi connectivity index (χ3n) is 3.90. The summed E-state index contributed by atoms with van der Waals surface area (Å²) >= 11 is 0. The number of benzene rings is 1. The maximum Gasteiger partial charge on any atom is 0.411 e. The quantitative estimate of drug-likeness (QED) is 0.887. The van der Waals surface area contributed by atoms with Crippen LogP contribution in [0.25, 0.3) is 11.3 Å². The van der Waals surface area contributed by atoms with Gasteiger partial charge in [-0.05, 0) is 26.3 Å². The number of nitrogens with zero attached hydrogens (tertiary/aromatic N) is 2. The Morgan fingerprint density at radius 1 is 1.33 bits per heavy atom. The topological polar surface area (TPSA) is 78.4 Å². The summed E-state index contributed by atoms with van der Waals surface area (Å²) in [5.74, 6) is 0.663. The summed E-state index contributed by atoms with van der Waals surface area (Å²) in [5.41, 5.74) is 1.34. The molecule has 3 rings (SSSR count). The average molecular weight is 329 g/mol. The molecular weight excluding hydrogens is 306 g/mol. The third-order valence-corrected chi connectivity index (χ3v) is 3.90. The zero-order valence-corrected chi connectivity index (χ0v) is 14.2. The molecule has 0 radical (unpaired) electrons. The van der Waals surface area contributed by atoms with Gasteiger partial charge in [-0.15, -0.1) is 0 Å². The van der Waals surface area contributed by atoms with Crippen LogP contribution < -0.4 is 0 Å². The summed E-state index contributed by atoms with van der Waals surface area (Å²) in [7, 11) is 0. The zero-order valence-electron chi connectivity index (χ0n) is 14.2. The second-order valence-corrected chi connectivity index (χ2v) is 7.09. The van der Waals surface area contributed by atoms with E-state index in [0.717, 1.165) is 11.3 Å². The van der Waals surface area contributed by atoms with Crippen molar-refractivity contribution in [3.05, 3.63) is 42.4 Å². The fourth-order valence-electron chi connectivity index (χ4n) is 2.87. The smallest absolute Gasteiger partial charge is 0.411 e. The van der Waals surface area contributed by atoms with Gasteiger partial charge in [-0.25, -0.2) is 9.78 Å². The Kier molecular flexibility index (Phi) is 4.32. The minimum atomic E-state index is -0.576. The largest absolute Gasteiger partial charge is 0.444 e. The first-order valence-corrected chi connectivity index (χ1v) is 8.11. The van der Waals surface area contributed by atoms with Crippen molar-refractivity contribution in [3.8, 4) is 11.3 Å². The molecule has 0 spiro atoms. The molecule has 2 unspecified atom stereocenters. The SMILES string of the molecule is CC(C)(C)OC(=O)N1CC(O)CC1c1ncc(-c2ccccc2)[nH]1. The molecule has 1 amide bonds. The standard InChI is InChI=1S/C18H23N3O3/c1-18(2,3)24-17(23)21-11-13(22)9-15(21)16-19-10-14(20-16)12-7-5-4-6-8-12/h4-8,10,13,15,22H,9,11H2,1-3H3,(H,19,20). The van der Waals surface area contributed by atoms with Gasteiger partial charge < -0.3 is 14.8 Å². The molecule has 0 bridgehead atoms. The van der Waals surface area contributed by atoms with Crippen LogP contribution in [-0.4, -0.2) is 44.3 Å². The molecule has 1 aliphatic heterocycles. The molecule has 2 N–H and O–H groups in total. The number of hydrogen-bond acceptors (Lipinski definition) is 4. The molecule has 1 saturated heterocycles. The molecule has 24 heavy (non-hydrogen) atoms. The number of nitrogens with one attached hydrogen (secondary N) is 1. The van der Waals surface area contributed by atoms with Gasteiger partial charge in [0.2, 0.25) is 0 Å². The molecule has 6 heteroatoms. The van der Waals surface area contributed by atoms with Crippen LogP contribution in [0.4, 0.5) is 4.79 Å². The number of carbonyl (C=O) groups is 1. The predicted molar refractivity (Wildman–Crippen MR) is 90.3 cm³/mol. The van der Waals surface area contributed by atoms with Crippen molar-refractivity contribution < 1.29 is 14.6 Å². The van der Waals surface area contributed by atoms with E-state index in [9.17, 15) is 9.90 Å². The number of imidazole rings is 1. The zero-order chi connectivity index (χ0) is 17.3. The highest BCUT2D eigenvalue weighted by molar-refractivity contribution is 5.69. The molecule has 2 heterocycles. The average Bonchev–Trinajstić information content (AvgIpc) is 3.12. The highest BCUT2D eigenvalue weighted by Crippen LogP contribution is 2.33. The fraction of sp³-hybridized carbons (Fsp3) is 0.444. The molecule has 128 valence electrons. The number of likely N-dealkylation sites (tertiary alicyclic amines) is 1. The van der Waals surface area contributed by atoms with Crippen LogP contribution in [0.15, 0.2) is 36.5 Å². The Morgan fingerprint density at radius 3 is 2.71 bits per heavy atom. The van der Waals surface area contributed by atoms with Gasteiger partial charge in [0.1, 0.15) is 11.4 Å². The minimum Gasteiger partial charge on any atom is -0.444 e. The molecule has 1 fully saturated rings. The number of carbonyl (C=O) groups excluding carboxylic acids is 1. The van der Waals surface area contributed by atoms with E-state index in [1.807, 2.05) is 51.1 Å². The molecule has 6 nitrogen and oxygen atoms in total. The molecule has 2 atom stereocenters. The van der Waals surface area contributed by atoms with Crippen LogP contribution in [0.2, 0.25) is 0 Å². The maximum absolute atomic E-state index is 12.4. The van der Waals surface area contributed by atoms with E-state index in [0.29, 0.717) is 12.2 Å². The Balaban J connectivity index is 1.82. The van der Waals surface area contributed by atoms with E-state index < -0.39 is 17.8 Å². The summed E-state index contributed by atoms with van der Waals surface area (Å²) in [4.78, 5) is 21.7. The fourth-order valence-corrected chi connectivity index (χ4v) is 2.87. The second-order valence-electron chi connectivity index (χ2n) is 7.09. The minimum absolute atomic E-state index is 0.251. The van der Waals surface area contributed by atoms with Crippen molar-refractivity contribution in [1.82, 2.24) is 14.9 Å². The van der Waals surface area contributed by atoms with Crippen LogP contribution in [0.1, 0.15) is 39.1 Å². The van der Waals surface area contributed by atoms with Crippen molar-refractivity contribution >= 4 is 6.09 Å². The lowest BCUT2D eigenvalue weighted by atomic mass is 10.2. The van der Waals surface area contributed by atoms with E-state index in [2.05, 4.69) is 9.97 Å². The summed E-state index contributed by atoms with van der Waals surface area (Å²) in [6, 6.07) is 9.55. The van der Waals surface area contributed by atoms with Crippen molar-refractivity contribution in [2.45, 2.75) is 44.9 Å². The lowest BCUT2D eigenvalue weighted by Gasteiger charge is -2.27. The Hall–Kier alpha value is -2.34. The highest BCUT2D eigenvalue weighted by Gasteiger charge is 2.39. The summed E-state index contributed by atoms with van der Waals surface area (Å²) in [6.45, 7) is 5.73. The number of aromatic nitrogens is 2. The van der Waals surface area contributed by atoms with Gasteiger partial charge in [0.25, 0.3) is 0 Å². The number of amides is 1. The molecule has 1 aliphatic rings. The molecule has 2 aromatic rings. The number of hydrogen-bond donors (Lipinski definition) is 2. The van der Waals surface area contributed by atoms with Crippen LogP contribution in [0, 0.1) is 0 Å². The van der Waals surface area contributed by atoms with Gasteiger partial charge >= 0.3 is 6.09 Å². The normalized spacial score (nSPS) is 21.1. The maximum atomic E-state index is 12.4. The molecule has 1 aromatic heterocycles. The lowest BCUT2D eigenvalue weighted by Crippen LogP contribution is -2.37. The lowest BCUT2D eigenvalue weighted by molar-refractivity contribution is 0.0201. The number of aliphatic hydroxyl groups is 1. The summed E-state index contributed by atoms with van der Waals surface area (Å²) in [6.07, 6.45) is 1.19. The number of ether oxygens (including phenoxy) is 1. The van der Waals surface area contributed by atoms with Gasteiger partial charge in [-0.1, -0.05) is 30.3 Å². The van der Waals surface area contributed by atoms with Gasteiger partial charge in [0.05, 0.1) is 30.6 Å². The molecule has 1 aromatic carbocycles. The third kappa shape index (κ3) is 3.59. The Morgan fingerprint density at radius 2 is 2.04 bits per heavy atom. The van der Waals surface area contributed by atoms with Gasteiger partial charge in [0.15, 0.2) is 0 Å². The number of H-pyrrole nitrogens is 1. The predicted octanol–water partition coefficient (Wildman–Crippen LogP) is 3.12. The molecular formula is C18H23N3O3. The first kappa shape index (κ1) is 16.5. The van der Waals surface area contributed by atoms with Crippen molar-refractivity contribution in [1.29, 1.82) is 0 Å². The number of aliphatic hydroxyl groups excluding tert-OH is 1. The second kappa shape index (κ2) is 6.28. The Labute approximate surface area is 141 Å². The number of β-amino-alcohol motifs (C(OH)–C–C–N with tert-alkyl or cyclic N) is 1. The van der Waals surface area contributed by atoms with Crippen LogP contribution in [-0.2, 0) is 4.74 Å². The van der Waals surface area contributed by atoms with Crippen molar-refractivity contribution in [2.24, 2.45) is 0 Å². The summed E-state index contributed by atoms with van der Waals surface area (Å²) in [5, 5.41) is 10.0. The number of aromatic amines is 1. The van der Waals surface area contributed by atoms with Gasteiger partial charge in [-0.2, -0.15) is 0 Å². The van der Waals surface area contributed by atoms with Crippen LogP contribution >= 0.6 is 0 Å². The van der Waals surface area contributed by atoms with E-state index in [1.165, 1.54) is 0 Å².